The van der Waals surface area contributed by atoms with Gasteiger partial charge >= 0.3 is 0 Å². The number of carbonyl (C=O) groups is 2. The van der Waals surface area contributed by atoms with Crippen LogP contribution >= 0.6 is 0 Å². The van der Waals surface area contributed by atoms with E-state index >= 15 is 0 Å². The van der Waals surface area contributed by atoms with E-state index in [9.17, 15) is 9.59 Å². The van der Waals surface area contributed by atoms with Crippen LogP contribution in [0.5, 0.6) is 0 Å². The number of carbonyl (C=O) groups excluding carboxylic acids is 2. The lowest BCUT2D eigenvalue weighted by Crippen LogP contribution is -2.57. The Bertz CT molecular complexity index is 556. The summed E-state index contributed by atoms with van der Waals surface area (Å²) in [5, 5.41) is 7.19. The molecular weight excluding hydrogens is 282 g/mol. The number of piperidine rings is 1. The number of amides is 2. The maximum absolute atomic E-state index is 12.5. The number of hydrogen-bond donors (Lipinski definition) is 1. The third-order valence-corrected chi connectivity index (χ3v) is 4.43. The highest BCUT2D eigenvalue weighted by Crippen LogP contribution is 2.18. The zero-order chi connectivity index (χ0) is 15.5. The average molecular weight is 305 g/mol. The molecule has 0 saturated carbocycles. The summed E-state index contributed by atoms with van der Waals surface area (Å²) >= 11 is 0. The molecule has 1 atom stereocenters. The number of nitrogens with zero attached hydrogens (tertiary/aromatic N) is 4. The van der Waals surface area contributed by atoms with Gasteiger partial charge in [-0.05, 0) is 18.4 Å². The first kappa shape index (κ1) is 15.0. The van der Waals surface area contributed by atoms with Crippen molar-refractivity contribution >= 4 is 11.8 Å². The molecule has 22 heavy (non-hydrogen) atoms. The van der Waals surface area contributed by atoms with E-state index < -0.39 is 0 Å². The second-order valence-corrected chi connectivity index (χ2v) is 6.10. The first-order valence-electron chi connectivity index (χ1n) is 7.89. The van der Waals surface area contributed by atoms with E-state index in [-0.39, 0.29) is 17.9 Å². The second-order valence-electron chi connectivity index (χ2n) is 6.10. The molecule has 0 radical (unpaired) electrons. The standard InChI is InChI=1S/C15H23N5O2/c1-18-10-12(8-17-18)7-14(21)19-5-2-3-13(11-19)20-6-4-16-9-15(20)22/h8,10,13,16H,2-7,9,11H2,1H3. The minimum absolute atomic E-state index is 0.125. The van der Waals surface area contributed by atoms with Crippen LogP contribution in [-0.4, -0.2) is 70.2 Å². The van der Waals surface area contributed by atoms with Crippen LogP contribution in [0.2, 0.25) is 0 Å². The van der Waals surface area contributed by atoms with Gasteiger partial charge in [0.25, 0.3) is 0 Å². The largest absolute Gasteiger partial charge is 0.340 e. The van der Waals surface area contributed by atoms with E-state index in [1.54, 1.807) is 10.9 Å². The molecule has 120 valence electrons. The quantitative estimate of drug-likeness (QED) is 0.808. The third kappa shape index (κ3) is 3.30. The number of aromatic nitrogens is 2. The number of likely N-dealkylation sites (tertiary alicyclic amines) is 1. The number of piperazine rings is 1. The van der Waals surface area contributed by atoms with Gasteiger partial charge in [-0.2, -0.15) is 5.10 Å². The highest BCUT2D eigenvalue weighted by Gasteiger charge is 2.31. The summed E-state index contributed by atoms with van der Waals surface area (Å²) in [6.45, 7) is 3.45. The molecule has 1 N–H and O–H groups in total. The summed E-state index contributed by atoms with van der Waals surface area (Å²) in [4.78, 5) is 28.3. The number of nitrogens with one attached hydrogen (secondary N) is 1. The Labute approximate surface area is 130 Å². The third-order valence-electron chi connectivity index (χ3n) is 4.43. The zero-order valence-corrected chi connectivity index (χ0v) is 13.0. The molecule has 7 heteroatoms. The van der Waals surface area contributed by atoms with Gasteiger partial charge in [-0.3, -0.25) is 14.3 Å². The van der Waals surface area contributed by atoms with Gasteiger partial charge in [0.1, 0.15) is 0 Å². The van der Waals surface area contributed by atoms with Gasteiger partial charge in [0.15, 0.2) is 0 Å². The van der Waals surface area contributed by atoms with Crippen LogP contribution in [0, 0.1) is 0 Å². The summed E-state index contributed by atoms with van der Waals surface area (Å²) in [7, 11) is 1.85. The van der Waals surface area contributed by atoms with Crippen LogP contribution in [0.3, 0.4) is 0 Å². The molecule has 3 heterocycles. The Morgan fingerprint density at radius 2 is 2.32 bits per heavy atom. The van der Waals surface area contributed by atoms with Crippen molar-refractivity contribution in [2.24, 2.45) is 7.05 Å². The van der Waals surface area contributed by atoms with Crippen molar-refractivity contribution in [2.45, 2.75) is 25.3 Å². The molecule has 1 aromatic heterocycles. The van der Waals surface area contributed by atoms with Gasteiger partial charge in [0, 0.05) is 45.5 Å². The Kier molecular flexibility index (Phi) is 4.42. The van der Waals surface area contributed by atoms with E-state index in [0.29, 0.717) is 19.5 Å². The topological polar surface area (TPSA) is 70.5 Å². The van der Waals surface area contributed by atoms with Gasteiger partial charge in [-0.15, -0.1) is 0 Å². The molecule has 1 aromatic rings. The van der Waals surface area contributed by atoms with Crippen LogP contribution in [0.1, 0.15) is 18.4 Å². The highest BCUT2D eigenvalue weighted by atomic mass is 16.2. The predicted octanol–water partition coefficient (Wildman–Crippen LogP) is -0.615. The molecule has 7 nitrogen and oxygen atoms in total. The molecule has 0 spiro atoms. The normalized spacial score (nSPS) is 23.0. The Morgan fingerprint density at radius 1 is 1.45 bits per heavy atom. The average Bonchev–Trinajstić information content (AvgIpc) is 2.93. The first-order chi connectivity index (χ1) is 10.6. The summed E-state index contributed by atoms with van der Waals surface area (Å²) in [5.74, 6) is 0.276. The van der Waals surface area contributed by atoms with Crippen molar-refractivity contribution in [2.75, 3.05) is 32.7 Å². The van der Waals surface area contributed by atoms with E-state index in [2.05, 4.69) is 10.4 Å². The summed E-state index contributed by atoms with van der Waals surface area (Å²) in [6, 6.07) is 0.168. The van der Waals surface area contributed by atoms with Crippen molar-refractivity contribution in [3.8, 4) is 0 Å². The van der Waals surface area contributed by atoms with Gasteiger partial charge in [-0.25, -0.2) is 0 Å². The molecule has 0 aromatic carbocycles. The molecule has 0 aliphatic carbocycles. The predicted molar refractivity (Wildman–Crippen MR) is 81.1 cm³/mol. The fourth-order valence-corrected chi connectivity index (χ4v) is 3.29. The smallest absolute Gasteiger partial charge is 0.236 e. The Hall–Kier alpha value is -1.89. The lowest BCUT2D eigenvalue weighted by molar-refractivity contribution is -0.140. The van der Waals surface area contributed by atoms with E-state index in [4.69, 9.17) is 0 Å². The summed E-state index contributed by atoms with van der Waals surface area (Å²) in [6.07, 6.45) is 5.94. The molecular formula is C15H23N5O2. The van der Waals surface area contributed by atoms with Gasteiger partial charge in [-0.1, -0.05) is 0 Å². The van der Waals surface area contributed by atoms with Crippen molar-refractivity contribution in [3.05, 3.63) is 18.0 Å². The molecule has 0 bridgehead atoms. The molecule has 2 fully saturated rings. The molecule has 2 aliphatic rings. The van der Waals surface area contributed by atoms with E-state index in [1.807, 2.05) is 23.0 Å². The lowest BCUT2D eigenvalue weighted by atomic mass is 10.0. The minimum Gasteiger partial charge on any atom is -0.340 e. The fraction of sp³-hybridized carbons (Fsp3) is 0.667. The fourth-order valence-electron chi connectivity index (χ4n) is 3.29. The van der Waals surface area contributed by atoms with Gasteiger partial charge in [0.2, 0.25) is 11.8 Å². The zero-order valence-electron chi connectivity index (χ0n) is 13.0. The second kappa shape index (κ2) is 6.48. The van der Waals surface area contributed by atoms with Crippen LogP contribution in [0.4, 0.5) is 0 Å². The number of aryl methyl sites for hydroxylation is 1. The van der Waals surface area contributed by atoms with Crippen LogP contribution in [-0.2, 0) is 23.1 Å². The monoisotopic (exact) mass is 305 g/mol. The van der Waals surface area contributed by atoms with Crippen LogP contribution < -0.4 is 5.32 Å². The molecule has 2 aliphatic heterocycles. The van der Waals surface area contributed by atoms with E-state index in [0.717, 1.165) is 38.0 Å². The molecule has 2 saturated heterocycles. The maximum atomic E-state index is 12.5. The summed E-state index contributed by atoms with van der Waals surface area (Å²) < 4.78 is 1.71. The van der Waals surface area contributed by atoms with E-state index in [1.165, 1.54) is 0 Å². The minimum atomic E-state index is 0.125. The molecule has 2 amide bonds. The van der Waals surface area contributed by atoms with Gasteiger partial charge < -0.3 is 15.1 Å². The van der Waals surface area contributed by atoms with Crippen molar-refractivity contribution in [3.63, 3.8) is 0 Å². The van der Waals surface area contributed by atoms with Crippen molar-refractivity contribution in [1.29, 1.82) is 0 Å². The van der Waals surface area contributed by atoms with Gasteiger partial charge in [0.05, 0.1) is 19.2 Å². The van der Waals surface area contributed by atoms with Crippen molar-refractivity contribution in [1.82, 2.24) is 24.9 Å². The van der Waals surface area contributed by atoms with Crippen molar-refractivity contribution < 1.29 is 9.59 Å². The highest BCUT2D eigenvalue weighted by molar-refractivity contribution is 5.80. The molecule has 1 unspecified atom stereocenters. The number of rotatable bonds is 3. The first-order valence-corrected chi connectivity index (χ1v) is 7.89. The lowest BCUT2D eigenvalue weighted by Gasteiger charge is -2.41. The Balaban J connectivity index is 1.60. The number of hydrogen-bond acceptors (Lipinski definition) is 4. The Morgan fingerprint density at radius 3 is 3.05 bits per heavy atom. The summed E-state index contributed by atoms with van der Waals surface area (Å²) in [5.41, 5.74) is 0.938. The SMILES string of the molecule is Cn1cc(CC(=O)N2CCCC(N3CCNCC3=O)C2)cn1. The van der Waals surface area contributed by atoms with Crippen LogP contribution in [0.15, 0.2) is 12.4 Å². The maximum Gasteiger partial charge on any atom is 0.236 e. The van der Waals surface area contributed by atoms with Crippen LogP contribution in [0.25, 0.3) is 0 Å². The molecule has 3 rings (SSSR count).